The van der Waals surface area contributed by atoms with Crippen LogP contribution in [0.3, 0.4) is 0 Å². The van der Waals surface area contributed by atoms with E-state index in [1.54, 1.807) is 13.1 Å². The third kappa shape index (κ3) is 3.19. The molecule has 0 unspecified atom stereocenters. The first kappa shape index (κ1) is 18.7. The van der Waals surface area contributed by atoms with E-state index in [0.717, 1.165) is 27.0 Å². The first-order valence-electron chi connectivity index (χ1n) is 9.01. The molecule has 4 aromatic rings. The van der Waals surface area contributed by atoms with Crippen molar-refractivity contribution in [2.45, 2.75) is 20.4 Å². The molecule has 28 heavy (non-hydrogen) atoms. The van der Waals surface area contributed by atoms with Gasteiger partial charge in [-0.1, -0.05) is 41.9 Å². The summed E-state index contributed by atoms with van der Waals surface area (Å²) in [5, 5.41) is 5.27. The summed E-state index contributed by atoms with van der Waals surface area (Å²) in [7, 11) is 0. The molecule has 142 valence electrons. The van der Waals surface area contributed by atoms with Crippen molar-refractivity contribution in [3.05, 3.63) is 58.6 Å². The van der Waals surface area contributed by atoms with Gasteiger partial charge in [0.15, 0.2) is 5.65 Å². The molecule has 0 saturated carbocycles. The first-order chi connectivity index (χ1) is 13.6. The molecule has 5 nitrogen and oxygen atoms in total. The van der Waals surface area contributed by atoms with Crippen molar-refractivity contribution in [3.63, 3.8) is 0 Å². The standard InChI is InChI=1S/C21H18ClN3O2S/c1-3-25-20-14(12-23-25)17(15-10-11-16(22)28-15)18(21(26)27-4-2)19(24-20)13-8-6-5-7-9-13/h5-12H,3-4H2,1-2H3. The van der Waals surface area contributed by atoms with Gasteiger partial charge in [0.2, 0.25) is 0 Å². The van der Waals surface area contributed by atoms with E-state index in [0.29, 0.717) is 22.1 Å². The fourth-order valence-corrected chi connectivity index (χ4v) is 4.34. The number of ether oxygens (including phenoxy) is 1. The zero-order valence-electron chi connectivity index (χ0n) is 15.5. The molecule has 0 bridgehead atoms. The van der Waals surface area contributed by atoms with E-state index >= 15 is 0 Å². The number of rotatable bonds is 5. The summed E-state index contributed by atoms with van der Waals surface area (Å²) in [6, 6.07) is 13.4. The second-order valence-corrected chi connectivity index (χ2v) is 7.81. The number of nitrogens with zero attached hydrogens (tertiary/aromatic N) is 3. The number of carbonyl (C=O) groups excluding carboxylic acids is 1. The molecule has 4 rings (SSSR count). The van der Waals surface area contributed by atoms with Gasteiger partial charge in [0.05, 0.1) is 28.4 Å². The van der Waals surface area contributed by atoms with Crippen LogP contribution in [-0.2, 0) is 11.3 Å². The lowest BCUT2D eigenvalue weighted by Gasteiger charge is -2.14. The van der Waals surface area contributed by atoms with Crippen LogP contribution in [-0.4, -0.2) is 27.3 Å². The summed E-state index contributed by atoms with van der Waals surface area (Å²) in [5.74, 6) is -0.403. The maximum absolute atomic E-state index is 13.0. The summed E-state index contributed by atoms with van der Waals surface area (Å²) in [5.41, 5.74) is 3.36. The highest BCUT2D eigenvalue weighted by Gasteiger charge is 2.26. The summed E-state index contributed by atoms with van der Waals surface area (Å²) in [6.07, 6.45) is 1.76. The van der Waals surface area contributed by atoms with Crippen LogP contribution in [0.4, 0.5) is 0 Å². The Balaban J connectivity index is 2.14. The van der Waals surface area contributed by atoms with Gasteiger partial charge in [0, 0.05) is 27.9 Å². The Morgan fingerprint density at radius 2 is 1.96 bits per heavy atom. The lowest BCUT2D eigenvalue weighted by molar-refractivity contribution is 0.0528. The zero-order chi connectivity index (χ0) is 19.7. The number of carbonyl (C=O) groups is 1. The van der Waals surface area contributed by atoms with E-state index in [-0.39, 0.29) is 6.61 Å². The molecule has 0 spiro atoms. The third-order valence-corrected chi connectivity index (χ3v) is 5.68. The number of hydrogen-bond acceptors (Lipinski definition) is 5. The van der Waals surface area contributed by atoms with E-state index in [4.69, 9.17) is 21.3 Å². The van der Waals surface area contributed by atoms with Gasteiger partial charge in [-0.25, -0.2) is 14.5 Å². The van der Waals surface area contributed by atoms with Crippen molar-refractivity contribution in [2.24, 2.45) is 0 Å². The number of fused-ring (bicyclic) bond motifs is 1. The van der Waals surface area contributed by atoms with Crippen molar-refractivity contribution >= 4 is 39.9 Å². The number of pyridine rings is 1. The van der Waals surface area contributed by atoms with Gasteiger partial charge < -0.3 is 4.74 Å². The van der Waals surface area contributed by atoms with Gasteiger partial charge >= 0.3 is 5.97 Å². The molecule has 0 aliphatic carbocycles. The lowest BCUT2D eigenvalue weighted by Crippen LogP contribution is -2.11. The average molecular weight is 412 g/mol. The van der Waals surface area contributed by atoms with Gasteiger partial charge in [-0.15, -0.1) is 11.3 Å². The predicted octanol–water partition coefficient (Wildman–Crippen LogP) is 5.68. The fourth-order valence-electron chi connectivity index (χ4n) is 3.23. The van der Waals surface area contributed by atoms with E-state index in [1.165, 1.54) is 11.3 Å². The summed E-state index contributed by atoms with van der Waals surface area (Å²) < 4.78 is 7.89. The first-order valence-corrected chi connectivity index (χ1v) is 10.2. The topological polar surface area (TPSA) is 57.0 Å². The van der Waals surface area contributed by atoms with E-state index in [2.05, 4.69) is 5.10 Å². The van der Waals surface area contributed by atoms with Crippen LogP contribution in [0.25, 0.3) is 32.7 Å². The normalized spacial score (nSPS) is 11.1. The highest BCUT2D eigenvalue weighted by atomic mass is 35.5. The molecule has 0 aliphatic heterocycles. The monoisotopic (exact) mass is 411 g/mol. The molecule has 7 heteroatoms. The minimum Gasteiger partial charge on any atom is -0.462 e. The number of aryl methyl sites for hydroxylation is 1. The number of halogens is 1. The summed E-state index contributed by atoms with van der Waals surface area (Å²) in [4.78, 5) is 18.8. The molecule has 1 aromatic carbocycles. The molecule has 0 amide bonds. The Labute approximate surface area is 171 Å². The van der Waals surface area contributed by atoms with Crippen LogP contribution in [0.1, 0.15) is 24.2 Å². The Hall–Kier alpha value is -2.70. The number of benzene rings is 1. The number of thiophene rings is 1. The Bertz CT molecular complexity index is 1150. The highest BCUT2D eigenvalue weighted by Crippen LogP contribution is 2.41. The SMILES string of the molecule is CCOC(=O)c1c(-c2ccccc2)nc2c(cnn2CC)c1-c1ccc(Cl)s1. The second kappa shape index (κ2) is 7.73. The molecular formula is C21H18ClN3O2S. The zero-order valence-corrected chi connectivity index (χ0v) is 17.0. The van der Waals surface area contributed by atoms with Crippen molar-refractivity contribution in [3.8, 4) is 21.7 Å². The van der Waals surface area contributed by atoms with E-state index in [1.807, 2.05) is 54.1 Å². The highest BCUT2D eigenvalue weighted by molar-refractivity contribution is 7.19. The van der Waals surface area contributed by atoms with E-state index in [9.17, 15) is 4.79 Å². The quantitative estimate of drug-likeness (QED) is 0.396. The number of hydrogen-bond donors (Lipinski definition) is 0. The summed E-state index contributed by atoms with van der Waals surface area (Å²) >= 11 is 7.63. The van der Waals surface area contributed by atoms with Crippen molar-refractivity contribution in [1.29, 1.82) is 0 Å². The lowest BCUT2D eigenvalue weighted by atomic mass is 9.97. The van der Waals surface area contributed by atoms with Gasteiger partial charge in [-0.3, -0.25) is 0 Å². The molecular weight excluding hydrogens is 394 g/mol. The summed E-state index contributed by atoms with van der Waals surface area (Å²) in [6.45, 7) is 4.76. The molecule has 0 atom stereocenters. The molecule has 0 fully saturated rings. The van der Waals surface area contributed by atoms with Crippen LogP contribution < -0.4 is 0 Å². The Morgan fingerprint density at radius 1 is 1.18 bits per heavy atom. The molecule has 0 saturated heterocycles. The Kier molecular flexibility index (Phi) is 5.15. The van der Waals surface area contributed by atoms with Gasteiger partial charge in [0.1, 0.15) is 0 Å². The largest absolute Gasteiger partial charge is 0.462 e. The van der Waals surface area contributed by atoms with Crippen molar-refractivity contribution < 1.29 is 9.53 Å². The molecule has 0 aliphatic rings. The van der Waals surface area contributed by atoms with Crippen LogP contribution in [0.5, 0.6) is 0 Å². The Morgan fingerprint density at radius 3 is 2.61 bits per heavy atom. The minimum absolute atomic E-state index is 0.282. The molecule has 0 radical (unpaired) electrons. The molecule has 3 aromatic heterocycles. The predicted molar refractivity (Wildman–Crippen MR) is 113 cm³/mol. The van der Waals surface area contributed by atoms with Gasteiger partial charge in [-0.2, -0.15) is 5.10 Å². The van der Waals surface area contributed by atoms with Gasteiger partial charge in [0.25, 0.3) is 0 Å². The third-order valence-electron chi connectivity index (χ3n) is 4.43. The van der Waals surface area contributed by atoms with Crippen LogP contribution in [0.2, 0.25) is 4.34 Å². The van der Waals surface area contributed by atoms with Crippen LogP contribution >= 0.6 is 22.9 Å². The van der Waals surface area contributed by atoms with Gasteiger partial charge in [-0.05, 0) is 26.0 Å². The number of aromatic nitrogens is 3. The minimum atomic E-state index is -0.403. The second-order valence-electron chi connectivity index (χ2n) is 6.10. The maximum Gasteiger partial charge on any atom is 0.341 e. The number of esters is 1. The fraction of sp³-hybridized carbons (Fsp3) is 0.190. The van der Waals surface area contributed by atoms with Crippen LogP contribution in [0, 0.1) is 0 Å². The maximum atomic E-state index is 13.0. The van der Waals surface area contributed by atoms with E-state index < -0.39 is 5.97 Å². The van der Waals surface area contributed by atoms with Crippen molar-refractivity contribution in [2.75, 3.05) is 6.61 Å². The molecule has 3 heterocycles. The molecule has 0 N–H and O–H groups in total. The average Bonchev–Trinajstić information content (AvgIpc) is 3.33. The smallest absolute Gasteiger partial charge is 0.341 e. The van der Waals surface area contributed by atoms with Crippen LogP contribution in [0.15, 0.2) is 48.7 Å². The van der Waals surface area contributed by atoms with Crippen molar-refractivity contribution in [1.82, 2.24) is 14.8 Å².